The molecule has 1 aromatic heterocycles. The van der Waals surface area contributed by atoms with Crippen molar-refractivity contribution >= 4 is 23.2 Å². The van der Waals surface area contributed by atoms with Gasteiger partial charge in [-0.2, -0.15) is 0 Å². The van der Waals surface area contributed by atoms with Gasteiger partial charge in [0.15, 0.2) is 0 Å². The van der Waals surface area contributed by atoms with Crippen LogP contribution in [0.1, 0.15) is 17.7 Å². The molecule has 0 radical (unpaired) electrons. The van der Waals surface area contributed by atoms with Gasteiger partial charge < -0.3 is 14.6 Å². The molecule has 122 valence electrons. The van der Waals surface area contributed by atoms with E-state index in [1.54, 1.807) is 5.38 Å². The number of rotatable bonds is 7. The fourth-order valence-corrected chi connectivity index (χ4v) is 2.70. The first kappa shape index (κ1) is 17.0. The molecule has 0 fully saturated rings. The van der Waals surface area contributed by atoms with Crippen molar-refractivity contribution in [2.24, 2.45) is 0 Å². The second-order valence-corrected chi connectivity index (χ2v) is 5.79. The van der Waals surface area contributed by atoms with E-state index in [4.69, 9.17) is 4.74 Å². The Bertz CT molecular complexity index is 721. The van der Waals surface area contributed by atoms with E-state index in [-0.39, 0.29) is 30.4 Å². The molecule has 0 aliphatic rings. The van der Waals surface area contributed by atoms with Gasteiger partial charge >= 0.3 is 10.8 Å². The summed E-state index contributed by atoms with van der Waals surface area (Å²) in [6.07, 6.45) is 0.142. The highest BCUT2D eigenvalue weighted by Gasteiger charge is 2.09. The second kappa shape index (κ2) is 8.28. The Labute approximate surface area is 137 Å². The number of thiazole rings is 1. The minimum Gasteiger partial charge on any atom is -0.460 e. The van der Waals surface area contributed by atoms with Crippen LogP contribution in [0.2, 0.25) is 0 Å². The molecule has 0 bridgehead atoms. The van der Waals surface area contributed by atoms with Gasteiger partial charge in [0.05, 0.1) is 0 Å². The highest BCUT2D eigenvalue weighted by Crippen LogP contribution is 2.01. The number of carbonyl (C=O) groups is 2. The molecule has 0 aliphatic heterocycles. The lowest BCUT2D eigenvalue weighted by Crippen LogP contribution is -2.31. The van der Waals surface area contributed by atoms with E-state index in [0.29, 0.717) is 6.54 Å². The minimum absolute atomic E-state index is 0.0856. The van der Waals surface area contributed by atoms with Crippen molar-refractivity contribution < 1.29 is 14.3 Å². The minimum atomic E-state index is -0.494. The molecule has 2 aromatic rings. The van der Waals surface area contributed by atoms with Crippen LogP contribution < -0.4 is 10.2 Å². The molecule has 0 saturated heterocycles. The fraction of sp³-hybridized carbons (Fsp3) is 0.312. The number of benzene rings is 1. The van der Waals surface area contributed by atoms with Crippen LogP contribution in [0.3, 0.4) is 0 Å². The van der Waals surface area contributed by atoms with Gasteiger partial charge in [-0.15, -0.1) is 0 Å². The zero-order valence-corrected chi connectivity index (χ0v) is 13.6. The molecular weight excluding hydrogens is 316 g/mol. The lowest BCUT2D eigenvalue weighted by Gasteiger charge is -2.07. The van der Waals surface area contributed by atoms with Crippen molar-refractivity contribution in [1.82, 2.24) is 9.88 Å². The number of ether oxygens (including phenoxy) is 1. The summed E-state index contributed by atoms with van der Waals surface area (Å²) in [4.78, 5) is 34.7. The number of aromatic nitrogens is 1. The maximum absolute atomic E-state index is 11.7. The number of hydrogen-bond donors (Lipinski definition) is 1. The molecule has 7 heteroatoms. The maximum Gasteiger partial charge on any atom is 0.325 e. The van der Waals surface area contributed by atoms with Gasteiger partial charge in [0.25, 0.3) is 0 Å². The van der Waals surface area contributed by atoms with Gasteiger partial charge in [0.1, 0.15) is 13.2 Å². The van der Waals surface area contributed by atoms with Crippen molar-refractivity contribution in [1.29, 1.82) is 0 Å². The monoisotopic (exact) mass is 334 g/mol. The Morgan fingerprint density at radius 2 is 2.00 bits per heavy atom. The number of nitrogens with zero attached hydrogens (tertiary/aromatic N) is 1. The first-order valence-corrected chi connectivity index (χ1v) is 8.05. The van der Waals surface area contributed by atoms with E-state index < -0.39 is 5.97 Å². The zero-order valence-electron chi connectivity index (χ0n) is 12.8. The van der Waals surface area contributed by atoms with Crippen LogP contribution in [0, 0.1) is 6.92 Å². The summed E-state index contributed by atoms with van der Waals surface area (Å²) in [7, 11) is 0. The average molecular weight is 334 g/mol. The van der Waals surface area contributed by atoms with Gasteiger partial charge in [0, 0.05) is 24.0 Å². The lowest BCUT2D eigenvalue weighted by molar-refractivity contribution is -0.145. The molecule has 23 heavy (non-hydrogen) atoms. The maximum atomic E-state index is 11.7. The normalized spacial score (nSPS) is 10.3. The van der Waals surface area contributed by atoms with Crippen molar-refractivity contribution in [3.63, 3.8) is 0 Å². The van der Waals surface area contributed by atoms with Crippen LogP contribution in [-0.2, 0) is 27.5 Å². The highest BCUT2D eigenvalue weighted by atomic mass is 32.1. The number of hydrogen-bond acceptors (Lipinski definition) is 5. The van der Waals surface area contributed by atoms with Crippen LogP contribution in [0.5, 0.6) is 0 Å². The first-order valence-electron chi connectivity index (χ1n) is 7.17. The van der Waals surface area contributed by atoms with E-state index in [1.165, 1.54) is 4.57 Å². The van der Waals surface area contributed by atoms with E-state index in [9.17, 15) is 14.4 Å². The van der Waals surface area contributed by atoms with Crippen LogP contribution in [0.4, 0.5) is 0 Å². The SMILES string of the molecule is Cc1csc(=O)n1CCC(=O)NCC(=O)OCc1ccccc1. The van der Waals surface area contributed by atoms with Crippen LogP contribution >= 0.6 is 11.3 Å². The summed E-state index contributed by atoms with van der Waals surface area (Å²) in [5.41, 5.74) is 1.72. The fourth-order valence-electron chi connectivity index (χ4n) is 1.94. The van der Waals surface area contributed by atoms with E-state index in [2.05, 4.69) is 5.32 Å². The Kier molecular flexibility index (Phi) is 6.10. The molecule has 6 nitrogen and oxygen atoms in total. The molecule has 2 rings (SSSR count). The summed E-state index contributed by atoms with van der Waals surface area (Å²) >= 11 is 1.11. The smallest absolute Gasteiger partial charge is 0.325 e. The van der Waals surface area contributed by atoms with Crippen LogP contribution in [0.15, 0.2) is 40.5 Å². The third-order valence-electron chi connectivity index (χ3n) is 3.21. The van der Waals surface area contributed by atoms with E-state index in [1.807, 2.05) is 37.3 Å². The quantitative estimate of drug-likeness (QED) is 0.778. The van der Waals surface area contributed by atoms with Crippen molar-refractivity contribution in [3.05, 3.63) is 56.6 Å². The Morgan fingerprint density at radius 3 is 2.65 bits per heavy atom. The third kappa shape index (κ3) is 5.37. The predicted octanol–water partition coefficient (Wildman–Crippen LogP) is 1.47. The second-order valence-electron chi connectivity index (χ2n) is 4.97. The van der Waals surface area contributed by atoms with Crippen LogP contribution in [-0.4, -0.2) is 23.0 Å². The topological polar surface area (TPSA) is 77.4 Å². The highest BCUT2D eigenvalue weighted by molar-refractivity contribution is 7.07. The first-order chi connectivity index (χ1) is 11.1. The number of amides is 1. The largest absolute Gasteiger partial charge is 0.460 e. The Hall–Kier alpha value is -2.41. The molecule has 0 atom stereocenters. The summed E-state index contributed by atoms with van der Waals surface area (Å²) in [5.74, 6) is -0.787. The number of esters is 1. The number of nitrogens with one attached hydrogen (secondary N) is 1. The third-order valence-corrected chi connectivity index (χ3v) is 4.09. The van der Waals surface area contributed by atoms with Gasteiger partial charge in [-0.1, -0.05) is 41.7 Å². The van der Waals surface area contributed by atoms with Gasteiger partial charge in [-0.25, -0.2) is 0 Å². The van der Waals surface area contributed by atoms with Crippen molar-refractivity contribution in [2.45, 2.75) is 26.5 Å². The number of carbonyl (C=O) groups excluding carboxylic acids is 2. The predicted molar refractivity (Wildman–Crippen MR) is 87.2 cm³/mol. The van der Waals surface area contributed by atoms with E-state index >= 15 is 0 Å². The van der Waals surface area contributed by atoms with Gasteiger partial charge in [-0.3, -0.25) is 14.4 Å². The van der Waals surface area contributed by atoms with Gasteiger partial charge in [0.2, 0.25) is 5.91 Å². The molecule has 1 amide bonds. The summed E-state index contributed by atoms with van der Waals surface area (Å²) in [6, 6.07) is 9.31. The molecule has 0 spiro atoms. The van der Waals surface area contributed by atoms with Crippen molar-refractivity contribution in [3.8, 4) is 0 Å². The molecule has 1 heterocycles. The standard InChI is InChI=1S/C16H18N2O4S/c1-12-11-23-16(21)18(12)8-7-14(19)17-9-15(20)22-10-13-5-3-2-4-6-13/h2-6,11H,7-10H2,1H3,(H,17,19). The van der Waals surface area contributed by atoms with Crippen LogP contribution in [0.25, 0.3) is 0 Å². The molecule has 0 saturated carbocycles. The lowest BCUT2D eigenvalue weighted by atomic mass is 10.2. The van der Waals surface area contributed by atoms with Crippen molar-refractivity contribution in [2.75, 3.05) is 6.54 Å². The van der Waals surface area contributed by atoms with Gasteiger partial charge in [-0.05, 0) is 12.5 Å². The zero-order chi connectivity index (χ0) is 16.7. The summed E-state index contributed by atoms with van der Waals surface area (Å²) in [5, 5.41) is 4.25. The summed E-state index contributed by atoms with van der Waals surface area (Å²) < 4.78 is 6.60. The average Bonchev–Trinajstić information content (AvgIpc) is 2.88. The Balaban J connectivity index is 1.68. The molecule has 0 unspecified atom stereocenters. The number of aryl methyl sites for hydroxylation is 1. The molecular formula is C16H18N2O4S. The Morgan fingerprint density at radius 1 is 1.26 bits per heavy atom. The van der Waals surface area contributed by atoms with E-state index in [0.717, 1.165) is 22.6 Å². The molecule has 0 aliphatic carbocycles. The molecule has 1 aromatic carbocycles. The molecule has 1 N–H and O–H groups in total. The summed E-state index contributed by atoms with van der Waals surface area (Å²) in [6.45, 7) is 2.12.